The Morgan fingerprint density at radius 2 is 2.03 bits per heavy atom. The summed E-state index contributed by atoms with van der Waals surface area (Å²) in [7, 11) is 0. The molecule has 164 valence electrons. The zero-order chi connectivity index (χ0) is 22.5. The Kier molecular flexibility index (Phi) is 7.38. The fourth-order valence-electron chi connectivity index (χ4n) is 3.50. The molecule has 0 saturated carbocycles. The van der Waals surface area contributed by atoms with E-state index in [0.29, 0.717) is 11.3 Å². The number of esters is 1. The third kappa shape index (κ3) is 5.10. The summed E-state index contributed by atoms with van der Waals surface area (Å²) in [5, 5.41) is 5.72. The summed E-state index contributed by atoms with van der Waals surface area (Å²) < 4.78 is 5.39. The first-order valence-electron chi connectivity index (χ1n) is 10.4. The third-order valence-electron chi connectivity index (χ3n) is 5.31. The molecule has 0 aromatic heterocycles. The Hall–Kier alpha value is -2.80. The number of aryl methyl sites for hydroxylation is 1. The molecule has 2 atom stereocenters. The summed E-state index contributed by atoms with van der Waals surface area (Å²) in [5.74, 6) is -0.474. The number of amidine groups is 1. The zero-order valence-electron chi connectivity index (χ0n) is 18.5. The van der Waals surface area contributed by atoms with Gasteiger partial charge in [-0.25, -0.2) is 9.79 Å². The number of amides is 1. The summed E-state index contributed by atoms with van der Waals surface area (Å²) in [6.45, 7) is 11.6. The second-order valence-corrected chi connectivity index (χ2v) is 8.58. The number of ether oxygens (including phenoxy) is 1. The Morgan fingerprint density at radius 1 is 1.32 bits per heavy atom. The number of carbonyl (C=O) groups is 2. The second-order valence-electron chi connectivity index (χ2n) is 7.74. The van der Waals surface area contributed by atoms with Crippen molar-refractivity contribution >= 4 is 28.8 Å². The summed E-state index contributed by atoms with van der Waals surface area (Å²) in [5.41, 5.74) is 3.99. The lowest BCUT2D eigenvalue weighted by molar-refractivity contribution is -0.138. The first kappa shape index (κ1) is 22.9. The van der Waals surface area contributed by atoms with Crippen LogP contribution in [-0.2, 0) is 14.3 Å². The highest BCUT2D eigenvalue weighted by Gasteiger charge is 2.41. The van der Waals surface area contributed by atoms with Crippen LogP contribution in [0.4, 0.5) is 0 Å². The number of hydrogen-bond donors (Lipinski definition) is 1. The summed E-state index contributed by atoms with van der Waals surface area (Å²) in [6, 6.07) is 7.75. The van der Waals surface area contributed by atoms with Gasteiger partial charge in [0.25, 0.3) is 0 Å². The Morgan fingerprint density at radius 3 is 2.68 bits per heavy atom. The van der Waals surface area contributed by atoms with Crippen molar-refractivity contribution in [1.82, 2.24) is 10.2 Å². The van der Waals surface area contributed by atoms with Gasteiger partial charge < -0.3 is 15.0 Å². The van der Waals surface area contributed by atoms with Gasteiger partial charge in [0, 0.05) is 11.7 Å². The molecule has 1 amide bonds. The minimum Gasteiger partial charge on any atom is -0.458 e. The molecule has 0 radical (unpaired) electrons. The Bertz CT molecular complexity index is 963. The van der Waals surface area contributed by atoms with Crippen molar-refractivity contribution in [2.24, 2.45) is 4.99 Å². The largest absolute Gasteiger partial charge is 0.458 e. The molecule has 0 aliphatic carbocycles. The van der Waals surface area contributed by atoms with Gasteiger partial charge in [0.1, 0.15) is 6.61 Å². The van der Waals surface area contributed by atoms with E-state index in [1.165, 1.54) is 11.8 Å². The van der Waals surface area contributed by atoms with E-state index < -0.39 is 12.0 Å². The van der Waals surface area contributed by atoms with Gasteiger partial charge in [0.05, 0.1) is 23.7 Å². The molecule has 2 unspecified atom stereocenters. The van der Waals surface area contributed by atoms with Crippen LogP contribution in [0.5, 0.6) is 0 Å². The molecule has 0 bridgehead atoms. The predicted octanol–water partition coefficient (Wildman–Crippen LogP) is 4.60. The number of rotatable bonds is 8. The van der Waals surface area contributed by atoms with Crippen LogP contribution < -0.4 is 5.32 Å². The SMILES string of the molecule is C=CCOC(=O)C1=C(C)N=C2SC=C(CC(=O)NC(C)CC)N2C1c1ccc(C)cc1. The molecule has 1 N–H and O–H groups in total. The summed E-state index contributed by atoms with van der Waals surface area (Å²) >= 11 is 1.47. The zero-order valence-corrected chi connectivity index (χ0v) is 19.3. The molecular weight excluding hydrogens is 410 g/mol. The van der Waals surface area contributed by atoms with Crippen LogP contribution in [0.15, 0.2) is 64.3 Å². The monoisotopic (exact) mass is 439 g/mol. The molecule has 31 heavy (non-hydrogen) atoms. The van der Waals surface area contributed by atoms with Crippen LogP contribution in [0, 0.1) is 6.92 Å². The fourth-order valence-corrected chi connectivity index (χ4v) is 4.46. The van der Waals surface area contributed by atoms with Gasteiger partial charge >= 0.3 is 5.97 Å². The van der Waals surface area contributed by atoms with E-state index in [1.807, 2.05) is 62.3 Å². The van der Waals surface area contributed by atoms with Gasteiger partial charge in [-0.15, -0.1) is 0 Å². The van der Waals surface area contributed by atoms with Crippen molar-refractivity contribution < 1.29 is 14.3 Å². The van der Waals surface area contributed by atoms with Gasteiger partial charge in [0.15, 0.2) is 5.17 Å². The van der Waals surface area contributed by atoms with Gasteiger partial charge in [-0.2, -0.15) is 0 Å². The standard InChI is InChI=1S/C24H29N3O3S/c1-6-12-30-23(29)21-17(5)26-24-27(22(21)18-10-8-15(3)9-11-18)19(14-31-24)13-20(28)25-16(4)7-2/h6,8-11,14,16,22H,1,7,12-13H2,2-5H3,(H,25,28). The van der Waals surface area contributed by atoms with Crippen LogP contribution >= 0.6 is 11.8 Å². The highest BCUT2D eigenvalue weighted by atomic mass is 32.2. The molecule has 6 nitrogen and oxygen atoms in total. The highest BCUT2D eigenvalue weighted by molar-refractivity contribution is 8.16. The lowest BCUT2D eigenvalue weighted by Crippen LogP contribution is -2.39. The smallest absolute Gasteiger partial charge is 0.338 e. The van der Waals surface area contributed by atoms with Crippen molar-refractivity contribution in [2.45, 2.75) is 52.6 Å². The van der Waals surface area contributed by atoms with Gasteiger partial charge in [0.2, 0.25) is 5.91 Å². The molecule has 0 spiro atoms. The summed E-state index contributed by atoms with van der Waals surface area (Å²) in [6.07, 6.45) is 2.62. The number of thioether (sulfide) groups is 1. The van der Waals surface area contributed by atoms with Crippen molar-refractivity contribution in [1.29, 1.82) is 0 Å². The van der Waals surface area contributed by atoms with Crippen molar-refractivity contribution in [3.63, 3.8) is 0 Å². The molecule has 0 saturated heterocycles. The minimum atomic E-state index is -0.425. The topological polar surface area (TPSA) is 71.0 Å². The van der Waals surface area contributed by atoms with E-state index in [2.05, 4.69) is 16.9 Å². The first-order chi connectivity index (χ1) is 14.8. The molecule has 2 aliphatic heterocycles. The molecular formula is C24H29N3O3S. The molecule has 2 heterocycles. The van der Waals surface area contributed by atoms with Crippen LogP contribution in [-0.4, -0.2) is 34.6 Å². The van der Waals surface area contributed by atoms with E-state index in [1.54, 1.807) is 6.08 Å². The second kappa shape index (κ2) is 10.0. The maximum atomic E-state index is 13.0. The number of benzene rings is 1. The van der Waals surface area contributed by atoms with Gasteiger partial charge in [-0.1, -0.05) is 61.2 Å². The maximum Gasteiger partial charge on any atom is 0.338 e. The Balaban J connectivity index is 1.98. The Labute approximate surface area is 188 Å². The lowest BCUT2D eigenvalue weighted by atomic mass is 9.93. The average Bonchev–Trinajstić information content (AvgIpc) is 3.13. The van der Waals surface area contributed by atoms with Crippen LogP contribution in [0.2, 0.25) is 0 Å². The molecule has 3 rings (SSSR count). The fraction of sp³-hybridized carbons (Fsp3) is 0.375. The summed E-state index contributed by atoms with van der Waals surface area (Å²) in [4.78, 5) is 32.2. The number of nitrogens with zero attached hydrogens (tertiary/aromatic N) is 2. The van der Waals surface area contributed by atoms with Gasteiger partial charge in [-0.3, -0.25) is 4.79 Å². The molecule has 2 aliphatic rings. The highest BCUT2D eigenvalue weighted by Crippen LogP contribution is 2.44. The van der Waals surface area contributed by atoms with Gasteiger partial charge in [-0.05, 0) is 38.2 Å². The quantitative estimate of drug-likeness (QED) is 0.473. The van der Waals surface area contributed by atoms with Crippen LogP contribution in [0.3, 0.4) is 0 Å². The van der Waals surface area contributed by atoms with E-state index in [9.17, 15) is 9.59 Å². The number of aliphatic imine (C=N–C) groups is 1. The maximum absolute atomic E-state index is 13.0. The van der Waals surface area contributed by atoms with E-state index in [-0.39, 0.29) is 25.0 Å². The van der Waals surface area contributed by atoms with Crippen molar-refractivity contribution in [3.8, 4) is 0 Å². The van der Waals surface area contributed by atoms with Crippen LogP contribution in [0.25, 0.3) is 0 Å². The number of nitrogens with one attached hydrogen (secondary N) is 1. The van der Waals surface area contributed by atoms with E-state index in [0.717, 1.165) is 28.4 Å². The number of fused-ring (bicyclic) bond motifs is 1. The lowest BCUT2D eigenvalue weighted by Gasteiger charge is -2.36. The van der Waals surface area contributed by atoms with Crippen LogP contribution in [0.1, 0.15) is 50.8 Å². The molecule has 1 aromatic carbocycles. The number of carbonyl (C=O) groups excluding carboxylic acids is 2. The van der Waals surface area contributed by atoms with E-state index in [4.69, 9.17) is 4.74 Å². The van der Waals surface area contributed by atoms with E-state index >= 15 is 0 Å². The molecule has 1 aromatic rings. The average molecular weight is 440 g/mol. The third-order valence-corrected chi connectivity index (χ3v) is 6.20. The number of allylic oxidation sites excluding steroid dienone is 1. The minimum absolute atomic E-state index is 0.0489. The first-order valence-corrected chi connectivity index (χ1v) is 11.3. The molecule has 7 heteroatoms. The van der Waals surface area contributed by atoms with Crippen molar-refractivity contribution in [2.75, 3.05) is 6.61 Å². The normalized spacial score (nSPS) is 18.7. The molecule has 0 fully saturated rings. The van der Waals surface area contributed by atoms with Crippen molar-refractivity contribution in [3.05, 3.63) is 70.4 Å². The number of hydrogen-bond acceptors (Lipinski definition) is 6. The predicted molar refractivity (Wildman–Crippen MR) is 125 cm³/mol.